The second-order valence-electron chi connectivity index (χ2n) is 4.48. The van der Waals surface area contributed by atoms with Gasteiger partial charge in [0, 0.05) is 23.7 Å². The van der Waals surface area contributed by atoms with Gasteiger partial charge in [0.05, 0.1) is 4.92 Å². The Morgan fingerprint density at radius 1 is 1.44 bits per heavy atom. The van der Waals surface area contributed by atoms with Gasteiger partial charge in [-0.05, 0) is 24.5 Å². The normalized spacial score (nSPS) is 10.4. The van der Waals surface area contributed by atoms with Gasteiger partial charge in [-0.2, -0.15) is 0 Å². The number of benzene rings is 1. The molecule has 0 aliphatic heterocycles. The molecule has 98 valence electrons. The maximum Gasteiger partial charge on any atom is 0.274 e. The van der Waals surface area contributed by atoms with Gasteiger partial charge in [0.25, 0.3) is 5.69 Å². The summed E-state index contributed by atoms with van der Waals surface area (Å²) in [4.78, 5) is 22.0. The van der Waals surface area contributed by atoms with E-state index in [2.05, 4.69) is 5.32 Å². The summed E-state index contributed by atoms with van der Waals surface area (Å²) in [6, 6.07) is 4.82. The minimum atomic E-state index is -0.412. The molecule has 0 radical (unpaired) electrons. The molecule has 0 heterocycles. The average Bonchev–Trinajstić information content (AvgIpc) is 2.28. The van der Waals surface area contributed by atoms with Crippen molar-refractivity contribution in [2.45, 2.75) is 39.5 Å². The number of nitrogens with zero attached hydrogens (tertiary/aromatic N) is 1. The molecule has 0 aromatic heterocycles. The van der Waals surface area contributed by atoms with E-state index < -0.39 is 4.92 Å². The van der Waals surface area contributed by atoms with Gasteiger partial charge in [-0.1, -0.05) is 20.8 Å². The third kappa shape index (κ3) is 3.55. The number of carbonyl (C=O) groups excluding carboxylic acids is 1. The maximum atomic E-state index is 11.4. The first kappa shape index (κ1) is 14.2. The van der Waals surface area contributed by atoms with E-state index in [-0.39, 0.29) is 17.5 Å². The summed E-state index contributed by atoms with van der Waals surface area (Å²) < 4.78 is 0. The minimum absolute atomic E-state index is 0.0549. The highest BCUT2D eigenvalue weighted by Crippen LogP contribution is 2.29. The SMILES string of the molecule is CCCC(=O)Nc1ccc(C(C)C)c([N+](=O)[O-])c1. The fourth-order valence-electron chi connectivity index (χ4n) is 1.72. The van der Waals surface area contributed by atoms with Crippen molar-refractivity contribution >= 4 is 17.3 Å². The van der Waals surface area contributed by atoms with Crippen molar-refractivity contribution < 1.29 is 9.72 Å². The molecule has 1 amide bonds. The summed E-state index contributed by atoms with van der Waals surface area (Å²) in [5.41, 5.74) is 1.21. The second kappa shape index (κ2) is 6.14. The lowest BCUT2D eigenvalue weighted by molar-refractivity contribution is -0.385. The van der Waals surface area contributed by atoms with E-state index >= 15 is 0 Å². The zero-order valence-electron chi connectivity index (χ0n) is 10.9. The molecule has 1 N–H and O–H groups in total. The molecular weight excluding hydrogens is 232 g/mol. The molecule has 0 unspecified atom stereocenters. The zero-order chi connectivity index (χ0) is 13.7. The van der Waals surface area contributed by atoms with E-state index in [0.29, 0.717) is 17.7 Å². The number of hydrogen-bond donors (Lipinski definition) is 1. The van der Waals surface area contributed by atoms with Crippen LogP contribution in [0.25, 0.3) is 0 Å². The Morgan fingerprint density at radius 2 is 2.11 bits per heavy atom. The van der Waals surface area contributed by atoms with Crippen molar-refractivity contribution in [3.63, 3.8) is 0 Å². The van der Waals surface area contributed by atoms with Crippen molar-refractivity contribution in [2.24, 2.45) is 0 Å². The molecule has 0 atom stereocenters. The molecule has 5 heteroatoms. The van der Waals surface area contributed by atoms with Crippen LogP contribution in [-0.4, -0.2) is 10.8 Å². The summed E-state index contributed by atoms with van der Waals surface area (Å²) in [5.74, 6) is -0.0464. The smallest absolute Gasteiger partial charge is 0.274 e. The van der Waals surface area contributed by atoms with Crippen LogP contribution in [0.1, 0.15) is 45.1 Å². The maximum absolute atomic E-state index is 11.4. The first-order chi connectivity index (χ1) is 8.45. The van der Waals surface area contributed by atoms with E-state index in [9.17, 15) is 14.9 Å². The van der Waals surface area contributed by atoms with Crippen LogP contribution in [-0.2, 0) is 4.79 Å². The predicted octanol–water partition coefficient (Wildman–Crippen LogP) is 3.46. The molecule has 18 heavy (non-hydrogen) atoms. The Hall–Kier alpha value is -1.91. The quantitative estimate of drug-likeness (QED) is 0.642. The highest BCUT2D eigenvalue weighted by molar-refractivity contribution is 5.91. The van der Waals surface area contributed by atoms with E-state index in [0.717, 1.165) is 6.42 Å². The van der Waals surface area contributed by atoms with E-state index in [1.807, 2.05) is 20.8 Å². The van der Waals surface area contributed by atoms with Crippen LogP contribution in [0.5, 0.6) is 0 Å². The summed E-state index contributed by atoms with van der Waals surface area (Å²) >= 11 is 0. The van der Waals surface area contributed by atoms with Crippen LogP contribution < -0.4 is 5.32 Å². The van der Waals surface area contributed by atoms with Crippen LogP contribution in [0.3, 0.4) is 0 Å². The first-order valence-electron chi connectivity index (χ1n) is 6.03. The molecule has 0 aliphatic carbocycles. The van der Waals surface area contributed by atoms with Crippen molar-refractivity contribution in [1.82, 2.24) is 0 Å². The Balaban J connectivity index is 3.00. The molecule has 0 bridgehead atoms. The van der Waals surface area contributed by atoms with Crippen molar-refractivity contribution in [3.05, 3.63) is 33.9 Å². The first-order valence-corrected chi connectivity index (χ1v) is 6.03. The fraction of sp³-hybridized carbons (Fsp3) is 0.462. The molecule has 0 spiro atoms. The topological polar surface area (TPSA) is 72.2 Å². The molecule has 0 aliphatic rings. The van der Waals surface area contributed by atoms with Gasteiger partial charge in [0.2, 0.25) is 5.91 Å². The van der Waals surface area contributed by atoms with Crippen LogP contribution in [0.2, 0.25) is 0 Å². The second-order valence-corrected chi connectivity index (χ2v) is 4.48. The molecule has 5 nitrogen and oxygen atoms in total. The number of anilines is 1. The van der Waals surface area contributed by atoms with E-state index in [1.165, 1.54) is 6.07 Å². The van der Waals surface area contributed by atoms with Gasteiger partial charge in [-0.15, -0.1) is 0 Å². The lowest BCUT2D eigenvalue weighted by atomic mass is 10.0. The van der Waals surface area contributed by atoms with Gasteiger partial charge in [0.15, 0.2) is 0 Å². The number of nitro groups is 1. The number of hydrogen-bond acceptors (Lipinski definition) is 3. The Bertz CT molecular complexity index is 456. The van der Waals surface area contributed by atoms with Crippen LogP contribution in [0, 0.1) is 10.1 Å². The Labute approximate surface area is 106 Å². The fourth-order valence-corrected chi connectivity index (χ4v) is 1.72. The van der Waals surface area contributed by atoms with Crippen molar-refractivity contribution in [2.75, 3.05) is 5.32 Å². The number of carbonyl (C=O) groups is 1. The number of nitrogens with one attached hydrogen (secondary N) is 1. The molecule has 0 saturated heterocycles. The predicted molar refractivity (Wildman–Crippen MR) is 70.7 cm³/mol. The van der Waals surface area contributed by atoms with E-state index in [4.69, 9.17) is 0 Å². The molecular formula is C13H18N2O3. The van der Waals surface area contributed by atoms with Crippen molar-refractivity contribution in [1.29, 1.82) is 0 Å². The third-order valence-electron chi connectivity index (χ3n) is 2.61. The lowest BCUT2D eigenvalue weighted by Gasteiger charge is -2.09. The summed E-state index contributed by atoms with van der Waals surface area (Å²) in [6.07, 6.45) is 1.16. The molecule has 0 saturated carbocycles. The monoisotopic (exact) mass is 250 g/mol. The largest absolute Gasteiger partial charge is 0.326 e. The van der Waals surface area contributed by atoms with Crippen LogP contribution >= 0.6 is 0 Å². The van der Waals surface area contributed by atoms with Crippen LogP contribution in [0.4, 0.5) is 11.4 Å². The number of amides is 1. The summed E-state index contributed by atoms with van der Waals surface area (Å²) in [6.45, 7) is 5.71. The molecule has 0 fully saturated rings. The average molecular weight is 250 g/mol. The lowest BCUT2D eigenvalue weighted by Crippen LogP contribution is -2.11. The highest BCUT2D eigenvalue weighted by Gasteiger charge is 2.17. The number of nitro benzene ring substituents is 1. The number of rotatable bonds is 5. The van der Waals surface area contributed by atoms with Gasteiger partial charge in [0.1, 0.15) is 0 Å². The molecule has 1 aromatic rings. The summed E-state index contributed by atoms with van der Waals surface area (Å²) in [7, 11) is 0. The molecule has 1 rings (SSSR count). The summed E-state index contributed by atoms with van der Waals surface area (Å²) in [5, 5.41) is 13.6. The van der Waals surface area contributed by atoms with Crippen molar-refractivity contribution in [3.8, 4) is 0 Å². The Morgan fingerprint density at radius 3 is 2.61 bits per heavy atom. The van der Waals surface area contributed by atoms with Gasteiger partial charge in [-0.25, -0.2) is 0 Å². The molecule has 1 aromatic carbocycles. The standard InChI is InChI=1S/C13H18N2O3/c1-4-5-13(16)14-10-6-7-11(9(2)3)12(8-10)15(17)18/h6-9H,4-5H2,1-3H3,(H,14,16). The minimum Gasteiger partial charge on any atom is -0.326 e. The highest BCUT2D eigenvalue weighted by atomic mass is 16.6. The van der Waals surface area contributed by atoms with E-state index in [1.54, 1.807) is 12.1 Å². The Kier molecular flexibility index (Phi) is 4.83. The van der Waals surface area contributed by atoms with Crippen LogP contribution in [0.15, 0.2) is 18.2 Å². The van der Waals surface area contributed by atoms with Gasteiger partial charge in [-0.3, -0.25) is 14.9 Å². The third-order valence-corrected chi connectivity index (χ3v) is 2.61. The zero-order valence-corrected chi connectivity index (χ0v) is 10.9. The van der Waals surface area contributed by atoms with Gasteiger partial charge >= 0.3 is 0 Å². The van der Waals surface area contributed by atoms with Gasteiger partial charge < -0.3 is 5.32 Å².